The topological polar surface area (TPSA) is 40.5 Å². The van der Waals surface area contributed by atoms with Crippen molar-refractivity contribution in [1.29, 1.82) is 0 Å². The molecule has 2 aliphatic rings. The van der Waals surface area contributed by atoms with Crippen LogP contribution >= 0.6 is 0 Å². The highest BCUT2D eigenvalue weighted by atomic mass is 16.4. The maximum absolute atomic E-state index is 11.9. The summed E-state index contributed by atoms with van der Waals surface area (Å²) < 4.78 is 0. The fourth-order valence-electron chi connectivity index (χ4n) is 4.14. The molecule has 1 saturated heterocycles. The van der Waals surface area contributed by atoms with E-state index in [0.717, 1.165) is 32.2 Å². The second kappa shape index (κ2) is 4.88. The number of nitrogens with zero attached hydrogens (tertiary/aromatic N) is 1. The van der Waals surface area contributed by atoms with Gasteiger partial charge in [0.2, 0.25) is 0 Å². The van der Waals surface area contributed by atoms with Crippen molar-refractivity contribution in [3.63, 3.8) is 0 Å². The molecular weight excluding hydrogens is 250 g/mol. The number of carboxylic acids is 1. The first-order valence-electron chi connectivity index (χ1n) is 7.68. The third-order valence-electron chi connectivity index (χ3n) is 5.25. The Kier molecular flexibility index (Phi) is 3.33. The molecule has 0 saturated carbocycles. The van der Waals surface area contributed by atoms with Gasteiger partial charge in [-0.25, -0.2) is 0 Å². The van der Waals surface area contributed by atoms with Gasteiger partial charge in [0.15, 0.2) is 0 Å². The minimum absolute atomic E-state index is 0.295. The van der Waals surface area contributed by atoms with E-state index in [9.17, 15) is 9.90 Å². The second-order valence-electron chi connectivity index (χ2n) is 6.24. The first kappa shape index (κ1) is 13.6. The van der Waals surface area contributed by atoms with Gasteiger partial charge < -0.3 is 5.11 Å². The fraction of sp³-hybridized carbons (Fsp3) is 0.588. The molecule has 108 valence electrons. The van der Waals surface area contributed by atoms with Crippen LogP contribution in [0.25, 0.3) is 0 Å². The average molecular weight is 273 g/mol. The zero-order valence-corrected chi connectivity index (χ0v) is 12.4. The Morgan fingerprint density at radius 1 is 1.50 bits per heavy atom. The van der Waals surface area contributed by atoms with Gasteiger partial charge in [0.1, 0.15) is 5.54 Å². The van der Waals surface area contributed by atoms with Gasteiger partial charge in [0.25, 0.3) is 0 Å². The highest BCUT2D eigenvalue weighted by Gasteiger charge is 2.50. The van der Waals surface area contributed by atoms with Crippen molar-refractivity contribution in [1.82, 2.24) is 4.90 Å². The fourth-order valence-corrected chi connectivity index (χ4v) is 4.14. The lowest BCUT2D eigenvalue weighted by atomic mass is 9.90. The molecule has 3 heteroatoms. The van der Waals surface area contributed by atoms with Crippen LogP contribution in [0, 0.1) is 6.92 Å². The Morgan fingerprint density at radius 2 is 2.30 bits per heavy atom. The predicted molar refractivity (Wildman–Crippen MR) is 78.8 cm³/mol. The maximum Gasteiger partial charge on any atom is 0.324 e. The standard InChI is InChI=1S/C17H23NO2/c1-3-17(16(19)20)9-4-10-18(17)15-8-7-13-6-5-12(2)11-14(13)15/h5-6,11,15H,3-4,7-10H2,1-2H3,(H,19,20). The summed E-state index contributed by atoms with van der Waals surface area (Å²) >= 11 is 0. The number of hydrogen-bond acceptors (Lipinski definition) is 2. The minimum atomic E-state index is -0.643. The molecule has 0 amide bonds. The van der Waals surface area contributed by atoms with Crippen LogP contribution in [0.15, 0.2) is 18.2 Å². The molecule has 2 unspecified atom stereocenters. The molecule has 0 radical (unpaired) electrons. The van der Waals surface area contributed by atoms with E-state index in [4.69, 9.17) is 0 Å². The van der Waals surface area contributed by atoms with E-state index in [0.29, 0.717) is 12.5 Å². The van der Waals surface area contributed by atoms with Crippen LogP contribution in [0.3, 0.4) is 0 Å². The van der Waals surface area contributed by atoms with Crippen molar-refractivity contribution >= 4 is 5.97 Å². The van der Waals surface area contributed by atoms with Gasteiger partial charge in [0, 0.05) is 6.04 Å². The summed E-state index contributed by atoms with van der Waals surface area (Å²) in [6.07, 6.45) is 4.62. The van der Waals surface area contributed by atoms with Gasteiger partial charge in [0.05, 0.1) is 0 Å². The zero-order valence-electron chi connectivity index (χ0n) is 12.4. The SMILES string of the molecule is CCC1(C(=O)O)CCCN1C1CCc2ccc(C)cc21. The van der Waals surface area contributed by atoms with E-state index in [1.165, 1.54) is 16.7 Å². The molecule has 0 aromatic heterocycles. The lowest BCUT2D eigenvalue weighted by molar-refractivity contribution is -0.151. The average Bonchev–Trinajstić information content (AvgIpc) is 3.01. The van der Waals surface area contributed by atoms with Crippen LogP contribution in [0.5, 0.6) is 0 Å². The monoisotopic (exact) mass is 273 g/mol. The van der Waals surface area contributed by atoms with Gasteiger partial charge in [-0.1, -0.05) is 30.7 Å². The van der Waals surface area contributed by atoms with Crippen molar-refractivity contribution in [2.75, 3.05) is 6.54 Å². The molecule has 1 N–H and O–H groups in total. The van der Waals surface area contributed by atoms with E-state index in [2.05, 4.69) is 30.0 Å². The van der Waals surface area contributed by atoms with Crippen LogP contribution in [0.2, 0.25) is 0 Å². The molecule has 1 aromatic carbocycles. The second-order valence-corrected chi connectivity index (χ2v) is 6.24. The summed E-state index contributed by atoms with van der Waals surface area (Å²) in [5.74, 6) is -0.640. The van der Waals surface area contributed by atoms with Crippen molar-refractivity contribution in [3.8, 4) is 0 Å². The summed E-state index contributed by atoms with van der Waals surface area (Å²) in [6.45, 7) is 5.04. The van der Waals surface area contributed by atoms with E-state index in [1.54, 1.807) is 0 Å². The summed E-state index contributed by atoms with van der Waals surface area (Å²) in [5.41, 5.74) is 3.40. The van der Waals surface area contributed by atoms with Crippen molar-refractivity contribution < 1.29 is 9.90 Å². The Balaban J connectivity index is 1.99. The highest BCUT2D eigenvalue weighted by Crippen LogP contribution is 2.45. The molecule has 1 aromatic rings. The number of fused-ring (bicyclic) bond motifs is 1. The molecule has 0 spiro atoms. The molecule has 0 bridgehead atoms. The third kappa shape index (κ3) is 1.87. The third-order valence-corrected chi connectivity index (χ3v) is 5.25. The Bertz CT molecular complexity index is 540. The molecule has 1 aliphatic heterocycles. The molecule has 2 atom stereocenters. The van der Waals surface area contributed by atoms with Gasteiger partial charge in [-0.15, -0.1) is 0 Å². The van der Waals surface area contributed by atoms with Gasteiger partial charge in [-0.3, -0.25) is 9.69 Å². The normalized spacial score (nSPS) is 29.6. The number of likely N-dealkylation sites (tertiary alicyclic amines) is 1. The number of carbonyl (C=O) groups is 1. The maximum atomic E-state index is 11.9. The Morgan fingerprint density at radius 3 is 3.00 bits per heavy atom. The van der Waals surface area contributed by atoms with Gasteiger partial charge in [-0.05, 0) is 56.7 Å². The zero-order chi connectivity index (χ0) is 14.3. The first-order chi connectivity index (χ1) is 9.58. The number of aliphatic carboxylic acids is 1. The number of carboxylic acid groups (broad SMARTS) is 1. The van der Waals surface area contributed by atoms with Crippen molar-refractivity contribution in [2.45, 2.75) is 57.5 Å². The van der Waals surface area contributed by atoms with Gasteiger partial charge >= 0.3 is 5.97 Å². The molecule has 20 heavy (non-hydrogen) atoms. The lowest BCUT2D eigenvalue weighted by Crippen LogP contribution is -2.51. The van der Waals surface area contributed by atoms with E-state index < -0.39 is 11.5 Å². The number of aryl methyl sites for hydroxylation is 2. The largest absolute Gasteiger partial charge is 0.480 e. The molecule has 1 fully saturated rings. The van der Waals surface area contributed by atoms with E-state index in [1.807, 2.05) is 6.92 Å². The summed E-state index contributed by atoms with van der Waals surface area (Å²) in [4.78, 5) is 14.1. The minimum Gasteiger partial charge on any atom is -0.480 e. The quantitative estimate of drug-likeness (QED) is 0.918. The molecule has 1 heterocycles. The number of rotatable bonds is 3. The van der Waals surface area contributed by atoms with E-state index >= 15 is 0 Å². The van der Waals surface area contributed by atoms with Crippen LogP contribution in [-0.4, -0.2) is 28.1 Å². The van der Waals surface area contributed by atoms with Crippen molar-refractivity contribution in [3.05, 3.63) is 34.9 Å². The van der Waals surface area contributed by atoms with Crippen LogP contribution in [0.1, 0.15) is 55.3 Å². The van der Waals surface area contributed by atoms with Gasteiger partial charge in [-0.2, -0.15) is 0 Å². The summed E-state index contributed by atoms with van der Waals surface area (Å²) in [7, 11) is 0. The molecule has 1 aliphatic carbocycles. The summed E-state index contributed by atoms with van der Waals surface area (Å²) in [5, 5.41) is 9.76. The van der Waals surface area contributed by atoms with Crippen LogP contribution in [0.4, 0.5) is 0 Å². The van der Waals surface area contributed by atoms with Crippen LogP contribution < -0.4 is 0 Å². The highest BCUT2D eigenvalue weighted by molar-refractivity contribution is 5.79. The Labute approximate surface area is 120 Å². The van der Waals surface area contributed by atoms with Crippen molar-refractivity contribution in [2.24, 2.45) is 0 Å². The summed E-state index contributed by atoms with van der Waals surface area (Å²) in [6, 6.07) is 6.93. The number of benzene rings is 1. The first-order valence-corrected chi connectivity index (χ1v) is 7.68. The molecule has 3 nitrogen and oxygen atoms in total. The Hall–Kier alpha value is -1.35. The predicted octanol–water partition coefficient (Wildman–Crippen LogP) is 3.31. The molecular formula is C17H23NO2. The molecule has 3 rings (SSSR count). The van der Waals surface area contributed by atoms with Crippen LogP contribution in [-0.2, 0) is 11.2 Å². The smallest absolute Gasteiger partial charge is 0.324 e. The lowest BCUT2D eigenvalue weighted by Gasteiger charge is -2.38. The van der Waals surface area contributed by atoms with E-state index in [-0.39, 0.29) is 0 Å². The number of hydrogen-bond donors (Lipinski definition) is 1.